The zero-order valence-corrected chi connectivity index (χ0v) is 24.5. The molecule has 3 N–H and O–H groups in total. The van der Waals surface area contributed by atoms with Crippen molar-refractivity contribution in [3.63, 3.8) is 0 Å². The summed E-state index contributed by atoms with van der Waals surface area (Å²) in [5.41, 5.74) is 1.18. The number of alkyl halides is 3. The van der Waals surface area contributed by atoms with Gasteiger partial charge in [0.1, 0.15) is 18.0 Å². The molecule has 13 heteroatoms. The SMILES string of the molecule is CCN1CCN(c2ccc(C(=O)Nc3ccc(C)c(Nc4nccn4-c4cc(NC5CC5)ncn4)c3)cc2C(F)(F)F)CC1. The number of aryl methyl sites for hydroxylation is 1. The molecule has 0 unspecified atom stereocenters. The Kier molecular flexibility index (Phi) is 8.13. The first-order valence-corrected chi connectivity index (χ1v) is 14.7. The fourth-order valence-corrected chi connectivity index (χ4v) is 5.22. The van der Waals surface area contributed by atoms with Crippen molar-refractivity contribution in [3.8, 4) is 5.82 Å². The van der Waals surface area contributed by atoms with Crippen molar-refractivity contribution < 1.29 is 18.0 Å². The number of anilines is 5. The van der Waals surface area contributed by atoms with Crippen molar-refractivity contribution in [1.29, 1.82) is 0 Å². The molecular weight excluding hydrogens is 571 g/mol. The second-order valence-electron chi connectivity index (χ2n) is 11.1. The zero-order chi connectivity index (χ0) is 30.8. The van der Waals surface area contributed by atoms with Gasteiger partial charge in [0, 0.05) is 73.3 Å². The van der Waals surface area contributed by atoms with Crippen LogP contribution in [0.3, 0.4) is 0 Å². The Morgan fingerprint density at radius 1 is 1.00 bits per heavy atom. The van der Waals surface area contributed by atoms with Crippen LogP contribution in [0.15, 0.2) is 61.2 Å². The van der Waals surface area contributed by atoms with Gasteiger partial charge in [-0.1, -0.05) is 13.0 Å². The van der Waals surface area contributed by atoms with Crippen LogP contribution in [-0.2, 0) is 6.18 Å². The average molecular weight is 606 g/mol. The van der Waals surface area contributed by atoms with Crippen molar-refractivity contribution in [2.45, 2.75) is 38.9 Å². The minimum absolute atomic E-state index is 0.0710. The highest BCUT2D eigenvalue weighted by molar-refractivity contribution is 6.05. The number of hydrogen-bond donors (Lipinski definition) is 3. The van der Waals surface area contributed by atoms with Crippen LogP contribution < -0.4 is 20.9 Å². The number of aromatic nitrogens is 4. The first-order valence-electron chi connectivity index (χ1n) is 14.7. The molecule has 0 bridgehead atoms. The standard InChI is InChI=1S/C31H34F3N9O/c1-3-41-12-14-42(15-13-41)26-9-5-21(16-24(26)31(32,33)34)29(44)39-23-6-4-20(2)25(17-23)40-30-35-10-11-43(30)28-18-27(36-19-37-28)38-22-7-8-22/h4-6,9-11,16-19,22H,3,7-8,12-15H2,1-2H3,(H,35,40)(H,39,44)(H,36,37,38). The molecule has 44 heavy (non-hydrogen) atoms. The van der Waals surface area contributed by atoms with Crippen LogP contribution in [0.5, 0.6) is 0 Å². The molecule has 0 atom stereocenters. The predicted octanol–water partition coefficient (Wildman–Crippen LogP) is 5.70. The van der Waals surface area contributed by atoms with Crippen molar-refractivity contribution in [2.24, 2.45) is 0 Å². The van der Waals surface area contributed by atoms with E-state index in [2.05, 4.69) is 35.8 Å². The van der Waals surface area contributed by atoms with Crippen LogP contribution in [0.4, 0.5) is 42.0 Å². The fourth-order valence-electron chi connectivity index (χ4n) is 5.22. The summed E-state index contributed by atoms with van der Waals surface area (Å²) < 4.78 is 44.2. The van der Waals surface area contributed by atoms with E-state index in [1.807, 2.05) is 26.0 Å². The second-order valence-corrected chi connectivity index (χ2v) is 11.1. The van der Waals surface area contributed by atoms with Gasteiger partial charge in [0.05, 0.1) is 5.56 Å². The number of imidazole rings is 1. The lowest BCUT2D eigenvalue weighted by atomic mass is 10.1. The third-order valence-corrected chi connectivity index (χ3v) is 7.94. The zero-order valence-electron chi connectivity index (χ0n) is 24.5. The Hall–Kier alpha value is -4.65. The van der Waals surface area contributed by atoms with Gasteiger partial charge in [-0.3, -0.25) is 9.36 Å². The quantitative estimate of drug-likeness (QED) is 0.223. The van der Waals surface area contributed by atoms with Gasteiger partial charge in [0.15, 0.2) is 0 Å². The molecule has 0 spiro atoms. The highest BCUT2D eigenvalue weighted by Gasteiger charge is 2.36. The van der Waals surface area contributed by atoms with Crippen molar-refractivity contribution in [2.75, 3.05) is 53.6 Å². The average Bonchev–Trinajstić information content (AvgIpc) is 3.71. The van der Waals surface area contributed by atoms with E-state index in [1.54, 1.807) is 34.0 Å². The van der Waals surface area contributed by atoms with Gasteiger partial charge in [-0.2, -0.15) is 13.2 Å². The lowest BCUT2D eigenvalue weighted by Crippen LogP contribution is -2.46. The summed E-state index contributed by atoms with van der Waals surface area (Å²) in [5.74, 6) is 1.23. The summed E-state index contributed by atoms with van der Waals surface area (Å²) in [6.45, 7) is 7.17. The molecule has 230 valence electrons. The van der Waals surface area contributed by atoms with E-state index >= 15 is 0 Å². The number of benzene rings is 2. The Labute approximate surface area is 253 Å². The van der Waals surface area contributed by atoms with Crippen LogP contribution in [0.25, 0.3) is 5.82 Å². The van der Waals surface area contributed by atoms with E-state index in [-0.39, 0.29) is 11.3 Å². The number of carbonyl (C=O) groups excluding carboxylic acids is 1. The smallest absolute Gasteiger partial charge is 0.368 e. The van der Waals surface area contributed by atoms with Crippen molar-refractivity contribution in [3.05, 3.63) is 77.9 Å². The first-order chi connectivity index (χ1) is 21.2. The van der Waals surface area contributed by atoms with Gasteiger partial charge in [-0.15, -0.1) is 0 Å². The van der Waals surface area contributed by atoms with E-state index in [4.69, 9.17) is 0 Å². The summed E-state index contributed by atoms with van der Waals surface area (Å²) in [7, 11) is 0. The number of carbonyl (C=O) groups is 1. The van der Waals surface area contributed by atoms with Gasteiger partial charge >= 0.3 is 6.18 Å². The number of hydrogen-bond acceptors (Lipinski definition) is 8. The summed E-state index contributed by atoms with van der Waals surface area (Å²) in [4.78, 5) is 30.2. The van der Waals surface area contributed by atoms with Crippen LogP contribution in [0, 0.1) is 6.92 Å². The third kappa shape index (κ3) is 6.62. The summed E-state index contributed by atoms with van der Waals surface area (Å²) in [6, 6.07) is 11.3. The van der Waals surface area contributed by atoms with Crippen LogP contribution >= 0.6 is 0 Å². The topological polar surface area (TPSA) is 103 Å². The molecule has 2 fully saturated rings. The normalized spacial score (nSPS) is 15.7. The number of likely N-dealkylation sites (N-methyl/N-ethyl adjacent to an activating group) is 1. The number of nitrogens with one attached hydrogen (secondary N) is 3. The summed E-state index contributed by atoms with van der Waals surface area (Å²) in [6.07, 6.45) is 2.55. The van der Waals surface area contributed by atoms with Crippen LogP contribution in [0.1, 0.15) is 41.3 Å². The third-order valence-electron chi connectivity index (χ3n) is 7.94. The maximum Gasteiger partial charge on any atom is 0.418 e. The van der Waals surface area contributed by atoms with Gasteiger partial charge in [-0.25, -0.2) is 15.0 Å². The maximum absolute atomic E-state index is 14.1. The van der Waals surface area contributed by atoms with Crippen molar-refractivity contribution in [1.82, 2.24) is 24.4 Å². The second kappa shape index (κ2) is 12.2. The highest BCUT2D eigenvalue weighted by Crippen LogP contribution is 2.38. The molecule has 1 saturated heterocycles. The Morgan fingerprint density at radius 3 is 2.52 bits per heavy atom. The van der Waals surface area contributed by atoms with E-state index in [1.165, 1.54) is 18.5 Å². The van der Waals surface area contributed by atoms with E-state index in [0.29, 0.717) is 55.4 Å². The molecule has 1 aliphatic heterocycles. The van der Waals surface area contributed by atoms with E-state index in [9.17, 15) is 18.0 Å². The number of nitrogens with zero attached hydrogens (tertiary/aromatic N) is 6. The molecular formula is C31H34F3N9O. The van der Waals surface area contributed by atoms with Gasteiger partial charge in [-0.05, 0) is 62.2 Å². The Balaban J connectivity index is 1.19. The Bertz CT molecular complexity index is 1640. The predicted molar refractivity (Wildman–Crippen MR) is 164 cm³/mol. The molecule has 3 heterocycles. The molecule has 6 rings (SSSR count). The first kappa shape index (κ1) is 29.4. The lowest BCUT2D eigenvalue weighted by molar-refractivity contribution is -0.137. The minimum atomic E-state index is -4.60. The molecule has 0 radical (unpaired) electrons. The highest BCUT2D eigenvalue weighted by atomic mass is 19.4. The van der Waals surface area contributed by atoms with Crippen LogP contribution in [0.2, 0.25) is 0 Å². The molecule has 2 aliphatic rings. The monoisotopic (exact) mass is 605 g/mol. The molecule has 1 saturated carbocycles. The molecule has 2 aromatic heterocycles. The number of halogens is 3. The number of amides is 1. The number of piperazine rings is 1. The van der Waals surface area contributed by atoms with Gasteiger partial charge < -0.3 is 25.8 Å². The molecule has 1 aliphatic carbocycles. The molecule has 1 amide bonds. The Morgan fingerprint density at radius 2 is 1.80 bits per heavy atom. The summed E-state index contributed by atoms with van der Waals surface area (Å²) in [5, 5.41) is 9.40. The van der Waals surface area contributed by atoms with Gasteiger partial charge in [0.25, 0.3) is 5.91 Å². The van der Waals surface area contributed by atoms with E-state index < -0.39 is 17.6 Å². The van der Waals surface area contributed by atoms with Gasteiger partial charge in [0.2, 0.25) is 5.95 Å². The molecule has 2 aromatic carbocycles. The van der Waals surface area contributed by atoms with Crippen LogP contribution in [-0.4, -0.2) is 69.1 Å². The largest absolute Gasteiger partial charge is 0.418 e. The molecule has 10 nitrogen and oxygen atoms in total. The maximum atomic E-state index is 14.1. The fraction of sp³-hybridized carbons (Fsp3) is 0.355. The van der Waals surface area contributed by atoms with Crippen molar-refractivity contribution >= 4 is 34.7 Å². The summed E-state index contributed by atoms with van der Waals surface area (Å²) >= 11 is 0. The minimum Gasteiger partial charge on any atom is -0.368 e. The van der Waals surface area contributed by atoms with E-state index in [0.717, 1.165) is 36.8 Å². The molecule has 4 aromatic rings. The lowest BCUT2D eigenvalue weighted by Gasteiger charge is -2.36. The number of rotatable bonds is 9.